The first kappa shape index (κ1) is 14.1. The highest BCUT2D eigenvalue weighted by molar-refractivity contribution is 5.32. The first-order chi connectivity index (χ1) is 10.3. The standard InChI is InChI=1S/C18H22N2O/c1-21-18-6-2-5-15(12-18)16-10-17(11-16)20-9-7-14-4-3-8-19-13-14/h2-6,8,12-13,16-17,20H,7,9-11H2,1H3. The summed E-state index contributed by atoms with van der Waals surface area (Å²) in [5.41, 5.74) is 2.70. The molecule has 3 rings (SSSR count). The van der Waals surface area contributed by atoms with Gasteiger partial charge in [0.05, 0.1) is 7.11 Å². The van der Waals surface area contributed by atoms with Crippen molar-refractivity contribution in [2.24, 2.45) is 0 Å². The van der Waals surface area contributed by atoms with Crippen LogP contribution in [0.2, 0.25) is 0 Å². The number of aromatic nitrogens is 1. The van der Waals surface area contributed by atoms with Gasteiger partial charge in [-0.15, -0.1) is 0 Å². The molecule has 0 atom stereocenters. The van der Waals surface area contributed by atoms with Crippen molar-refractivity contribution < 1.29 is 4.74 Å². The Balaban J connectivity index is 1.41. The van der Waals surface area contributed by atoms with E-state index in [2.05, 4.69) is 34.6 Å². The number of nitrogens with zero attached hydrogens (tertiary/aromatic N) is 1. The number of rotatable bonds is 6. The SMILES string of the molecule is COc1cccc(C2CC(NCCc3cccnc3)C2)c1. The van der Waals surface area contributed by atoms with Crippen molar-refractivity contribution >= 4 is 0 Å². The second-order valence-corrected chi connectivity index (χ2v) is 5.71. The van der Waals surface area contributed by atoms with Crippen LogP contribution in [0.1, 0.15) is 29.9 Å². The van der Waals surface area contributed by atoms with Crippen LogP contribution in [0, 0.1) is 0 Å². The normalized spacial score (nSPS) is 20.8. The van der Waals surface area contributed by atoms with E-state index in [9.17, 15) is 0 Å². The molecule has 0 amide bonds. The maximum atomic E-state index is 5.29. The lowest BCUT2D eigenvalue weighted by molar-refractivity contribution is 0.292. The van der Waals surface area contributed by atoms with E-state index in [1.807, 2.05) is 24.5 Å². The molecule has 0 spiro atoms. The molecule has 21 heavy (non-hydrogen) atoms. The molecule has 0 bridgehead atoms. The Hall–Kier alpha value is -1.87. The summed E-state index contributed by atoms with van der Waals surface area (Å²) in [7, 11) is 1.72. The van der Waals surface area contributed by atoms with Crippen molar-refractivity contribution in [1.82, 2.24) is 10.3 Å². The second kappa shape index (κ2) is 6.72. The third kappa shape index (κ3) is 3.61. The van der Waals surface area contributed by atoms with Crippen LogP contribution in [0.4, 0.5) is 0 Å². The largest absolute Gasteiger partial charge is 0.497 e. The first-order valence-electron chi connectivity index (χ1n) is 7.61. The number of benzene rings is 1. The molecule has 110 valence electrons. The second-order valence-electron chi connectivity index (χ2n) is 5.71. The molecule has 3 nitrogen and oxygen atoms in total. The fraction of sp³-hybridized carbons (Fsp3) is 0.389. The minimum Gasteiger partial charge on any atom is -0.497 e. The summed E-state index contributed by atoms with van der Waals surface area (Å²) < 4.78 is 5.29. The lowest BCUT2D eigenvalue weighted by atomic mass is 9.76. The van der Waals surface area contributed by atoms with Crippen molar-refractivity contribution in [2.75, 3.05) is 13.7 Å². The Bertz CT molecular complexity index is 564. The van der Waals surface area contributed by atoms with Gasteiger partial charge in [-0.3, -0.25) is 4.98 Å². The predicted octanol–water partition coefficient (Wildman–Crippen LogP) is 3.17. The molecule has 0 radical (unpaired) electrons. The molecule has 1 aliphatic rings. The average Bonchev–Trinajstić information content (AvgIpc) is 2.50. The van der Waals surface area contributed by atoms with E-state index in [4.69, 9.17) is 4.74 Å². The Morgan fingerprint density at radius 3 is 2.90 bits per heavy atom. The van der Waals surface area contributed by atoms with Gasteiger partial charge < -0.3 is 10.1 Å². The highest BCUT2D eigenvalue weighted by Crippen LogP contribution is 2.37. The van der Waals surface area contributed by atoms with E-state index in [0.717, 1.165) is 18.7 Å². The zero-order valence-corrected chi connectivity index (χ0v) is 12.5. The maximum Gasteiger partial charge on any atom is 0.119 e. The quantitative estimate of drug-likeness (QED) is 0.883. The molecule has 0 aliphatic heterocycles. The summed E-state index contributed by atoms with van der Waals surface area (Å²) in [6.45, 7) is 1.03. The third-order valence-corrected chi connectivity index (χ3v) is 4.27. The smallest absolute Gasteiger partial charge is 0.119 e. The summed E-state index contributed by atoms with van der Waals surface area (Å²) in [4.78, 5) is 4.14. The zero-order chi connectivity index (χ0) is 14.5. The van der Waals surface area contributed by atoms with Crippen LogP contribution in [0.3, 0.4) is 0 Å². The van der Waals surface area contributed by atoms with Crippen LogP contribution in [0.15, 0.2) is 48.8 Å². The topological polar surface area (TPSA) is 34.1 Å². The molecule has 1 aromatic carbocycles. The zero-order valence-electron chi connectivity index (χ0n) is 12.5. The van der Waals surface area contributed by atoms with Crippen molar-refractivity contribution in [2.45, 2.75) is 31.2 Å². The molecule has 2 aromatic rings. The number of hydrogen-bond acceptors (Lipinski definition) is 3. The number of pyridine rings is 1. The van der Waals surface area contributed by atoms with E-state index < -0.39 is 0 Å². The van der Waals surface area contributed by atoms with E-state index >= 15 is 0 Å². The molecule has 1 saturated carbocycles. The maximum absolute atomic E-state index is 5.29. The van der Waals surface area contributed by atoms with Gasteiger partial charge in [-0.2, -0.15) is 0 Å². The molecule has 1 aromatic heterocycles. The van der Waals surface area contributed by atoms with Gasteiger partial charge in [0.1, 0.15) is 5.75 Å². The highest BCUT2D eigenvalue weighted by Gasteiger charge is 2.29. The van der Waals surface area contributed by atoms with Gasteiger partial charge in [-0.25, -0.2) is 0 Å². The fourth-order valence-corrected chi connectivity index (χ4v) is 2.92. The van der Waals surface area contributed by atoms with Crippen LogP contribution in [0.5, 0.6) is 5.75 Å². The molecular formula is C18H22N2O. The minimum atomic E-state index is 0.651. The van der Waals surface area contributed by atoms with Crippen molar-refractivity contribution in [3.8, 4) is 5.75 Å². The molecule has 0 unspecified atom stereocenters. The van der Waals surface area contributed by atoms with Gasteiger partial charge in [-0.05, 0) is 61.1 Å². The third-order valence-electron chi connectivity index (χ3n) is 4.27. The van der Waals surface area contributed by atoms with Gasteiger partial charge in [0.25, 0.3) is 0 Å². The Kier molecular flexibility index (Phi) is 4.51. The molecular weight excluding hydrogens is 260 g/mol. The van der Waals surface area contributed by atoms with E-state index in [0.29, 0.717) is 12.0 Å². The van der Waals surface area contributed by atoms with Crippen LogP contribution in [-0.4, -0.2) is 24.7 Å². The summed E-state index contributed by atoms with van der Waals surface area (Å²) in [5, 5.41) is 3.64. The van der Waals surface area contributed by atoms with Crippen LogP contribution >= 0.6 is 0 Å². The monoisotopic (exact) mass is 282 g/mol. The van der Waals surface area contributed by atoms with Crippen molar-refractivity contribution in [3.63, 3.8) is 0 Å². The fourth-order valence-electron chi connectivity index (χ4n) is 2.92. The summed E-state index contributed by atoms with van der Waals surface area (Å²) in [6.07, 6.45) is 7.26. The Morgan fingerprint density at radius 2 is 2.14 bits per heavy atom. The molecule has 1 aliphatic carbocycles. The van der Waals surface area contributed by atoms with Gasteiger partial charge in [0, 0.05) is 18.4 Å². The van der Waals surface area contributed by atoms with Gasteiger partial charge in [-0.1, -0.05) is 18.2 Å². The molecule has 1 heterocycles. The lowest BCUT2D eigenvalue weighted by Crippen LogP contribution is -2.40. The van der Waals surface area contributed by atoms with Crippen LogP contribution in [0.25, 0.3) is 0 Å². The van der Waals surface area contributed by atoms with Gasteiger partial charge >= 0.3 is 0 Å². The van der Waals surface area contributed by atoms with Gasteiger partial charge in [0.2, 0.25) is 0 Å². The first-order valence-corrected chi connectivity index (χ1v) is 7.61. The number of methoxy groups -OCH3 is 1. The Morgan fingerprint density at radius 1 is 1.24 bits per heavy atom. The average molecular weight is 282 g/mol. The van der Waals surface area contributed by atoms with Gasteiger partial charge in [0.15, 0.2) is 0 Å². The van der Waals surface area contributed by atoms with Crippen molar-refractivity contribution in [1.29, 1.82) is 0 Å². The summed E-state index contributed by atoms with van der Waals surface area (Å²) >= 11 is 0. The van der Waals surface area contributed by atoms with Crippen LogP contribution in [-0.2, 0) is 6.42 Å². The number of hydrogen-bond donors (Lipinski definition) is 1. The molecule has 1 fully saturated rings. The number of ether oxygens (including phenoxy) is 1. The summed E-state index contributed by atoms with van der Waals surface area (Å²) in [6, 6.07) is 13.2. The van der Waals surface area contributed by atoms with E-state index in [1.165, 1.54) is 24.0 Å². The molecule has 0 saturated heterocycles. The minimum absolute atomic E-state index is 0.651. The van der Waals surface area contributed by atoms with Crippen molar-refractivity contribution in [3.05, 3.63) is 59.9 Å². The van der Waals surface area contributed by atoms with E-state index in [1.54, 1.807) is 7.11 Å². The molecule has 3 heteroatoms. The Labute approximate surface area is 126 Å². The summed E-state index contributed by atoms with van der Waals surface area (Å²) in [5.74, 6) is 1.64. The molecule has 1 N–H and O–H groups in total. The highest BCUT2D eigenvalue weighted by atomic mass is 16.5. The van der Waals surface area contributed by atoms with Crippen LogP contribution < -0.4 is 10.1 Å². The predicted molar refractivity (Wildman–Crippen MR) is 84.7 cm³/mol. The number of nitrogens with one attached hydrogen (secondary N) is 1. The lowest BCUT2D eigenvalue weighted by Gasteiger charge is -2.36. The van der Waals surface area contributed by atoms with E-state index in [-0.39, 0.29) is 0 Å².